The van der Waals surface area contributed by atoms with Crippen molar-refractivity contribution in [3.05, 3.63) is 0 Å². The molecule has 0 radical (unpaired) electrons. The maximum absolute atomic E-state index is 8.37. The van der Waals surface area contributed by atoms with Gasteiger partial charge >= 0.3 is 0 Å². The Labute approximate surface area is 102 Å². The number of hydrogen-bond donors (Lipinski definition) is 2. The molecule has 0 aromatic heterocycles. The van der Waals surface area contributed by atoms with Crippen molar-refractivity contribution in [1.82, 2.24) is 0 Å². The predicted molar refractivity (Wildman–Crippen MR) is 71.7 cm³/mol. The minimum absolute atomic E-state index is 0.305. The fourth-order valence-electron chi connectivity index (χ4n) is 1.43. The van der Waals surface area contributed by atoms with E-state index in [1.54, 1.807) is 0 Å². The van der Waals surface area contributed by atoms with E-state index in [-0.39, 0.29) is 0 Å². The van der Waals surface area contributed by atoms with Crippen molar-refractivity contribution in [2.75, 3.05) is 13.2 Å². The first kappa shape index (κ1) is 18.3. The fraction of sp³-hybridized carbons (Fsp3) is 1.00. The van der Waals surface area contributed by atoms with E-state index in [9.17, 15) is 0 Å². The molecular weight excluding hydrogens is 200 g/mol. The fourth-order valence-corrected chi connectivity index (χ4v) is 1.43. The molecule has 16 heavy (non-hydrogen) atoms. The van der Waals surface area contributed by atoms with Gasteiger partial charge in [0.25, 0.3) is 0 Å². The van der Waals surface area contributed by atoms with Crippen LogP contribution in [0.5, 0.6) is 0 Å². The Balaban J connectivity index is 0. The maximum atomic E-state index is 8.37. The van der Waals surface area contributed by atoms with Crippen LogP contribution in [0.2, 0.25) is 0 Å². The lowest BCUT2D eigenvalue weighted by Gasteiger charge is -1.95. The zero-order valence-electron chi connectivity index (χ0n) is 11.4. The summed E-state index contributed by atoms with van der Waals surface area (Å²) >= 11 is 0. The van der Waals surface area contributed by atoms with Crippen LogP contribution in [-0.2, 0) is 0 Å². The number of aliphatic hydroxyl groups excluding tert-OH is 2. The third-order valence-corrected chi connectivity index (χ3v) is 2.52. The maximum Gasteiger partial charge on any atom is 0.0431 e. The van der Waals surface area contributed by atoms with Gasteiger partial charge in [0, 0.05) is 13.2 Å². The highest BCUT2D eigenvalue weighted by Gasteiger charge is 1.86. The molecule has 0 aromatic carbocycles. The van der Waals surface area contributed by atoms with Gasteiger partial charge < -0.3 is 10.2 Å². The lowest BCUT2D eigenvalue weighted by Crippen LogP contribution is -1.85. The molecule has 0 fully saturated rings. The van der Waals surface area contributed by atoms with Gasteiger partial charge in [0.2, 0.25) is 0 Å². The molecule has 0 spiro atoms. The molecule has 2 heteroatoms. The van der Waals surface area contributed by atoms with Crippen molar-refractivity contribution in [2.45, 2.75) is 78.1 Å². The Kier molecular flexibility index (Phi) is 23.3. The van der Waals surface area contributed by atoms with Gasteiger partial charge in [-0.2, -0.15) is 0 Å². The Morgan fingerprint density at radius 3 is 1.12 bits per heavy atom. The van der Waals surface area contributed by atoms with Crippen molar-refractivity contribution in [3.63, 3.8) is 0 Å². The van der Waals surface area contributed by atoms with Gasteiger partial charge in [0.1, 0.15) is 0 Å². The van der Waals surface area contributed by atoms with Crippen LogP contribution in [0, 0.1) is 0 Å². The largest absolute Gasteiger partial charge is 0.396 e. The zero-order valence-corrected chi connectivity index (χ0v) is 11.4. The highest BCUT2D eigenvalue weighted by Crippen LogP contribution is 2.01. The molecule has 2 N–H and O–H groups in total. The van der Waals surface area contributed by atoms with Crippen LogP contribution in [0.4, 0.5) is 0 Å². The minimum Gasteiger partial charge on any atom is -0.396 e. The van der Waals surface area contributed by atoms with E-state index >= 15 is 0 Å². The van der Waals surface area contributed by atoms with Crippen LogP contribution in [-0.4, -0.2) is 23.4 Å². The molecule has 0 amide bonds. The highest BCUT2D eigenvalue weighted by molar-refractivity contribution is 4.41. The van der Waals surface area contributed by atoms with Crippen molar-refractivity contribution < 1.29 is 10.2 Å². The summed E-state index contributed by atoms with van der Waals surface area (Å²) in [4.78, 5) is 0. The van der Waals surface area contributed by atoms with Crippen LogP contribution in [0.3, 0.4) is 0 Å². The molecule has 0 aromatic rings. The minimum atomic E-state index is 0.305. The van der Waals surface area contributed by atoms with Crippen LogP contribution < -0.4 is 0 Å². The Hall–Kier alpha value is -0.0800. The van der Waals surface area contributed by atoms with Gasteiger partial charge in [0.15, 0.2) is 0 Å². The molecule has 0 bridgehead atoms. The summed E-state index contributed by atoms with van der Waals surface area (Å²) in [6.45, 7) is 5.10. The summed E-state index contributed by atoms with van der Waals surface area (Å²) in [5.41, 5.74) is 0. The van der Waals surface area contributed by atoms with E-state index < -0.39 is 0 Å². The molecule has 0 aliphatic carbocycles. The van der Waals surface area contributed by atoms with Crippen molar-refractivity contribution in [3.8, 4) is 0 Å². The van der Waals surface area contributed by atoms with Crippen molar-refractivity contribution >= 4 is 0 Å². The van der Waals surface area contributed by atoms with Crippen LogP contribution in [0.15, 0.2) is 0 Å². The molecule has 0 heterocycles. The topological polar surface area (TPSA) is 40.5 Å². The van der Waals surface area contributed by atoms with E-state index in [0.29, 0.717) is 13.2 Å². The van der Waals surface area contributed by atoms with Crippen LogP contribution in [0.1, 0.15) is 78.1 Å². The van der Waals surface area contributed by atoms with Gasteiger partial charge in [-0.15, -0.1) is 0 Å². The SMILES string of the molecule is CCCCCCC.OCCCCCCCO. The first-order valence-electron chi connectivity index (χ1n) is 7.05. The predicted octanol–water partition coefficient (Wildman–Crippen LogP) is 3.90. The molecule has 0 aliphatic heterocycles. The summed E-state index contributed by atoms with van der Waals surface area (Å²) in [5.74, 6) is 0. The van der Waals surface area contributed by atoms with E-state index in [0.717, 1.165) is 32.1 Å². The Bertz CT molecular complexity index is 84.7. The summed E-state index contributed by atoms with van der Waals surface area (Å²) in [6, 6.07) is 0. The monoisotopic (exact) mass is 232 g/mol. The standard InChI is InChI=1S/C7H16O2.C7H16/c8-6-4-2-1-3-5-7-9;1-3-5-7-6-4-2/h8-9H,1-7H2;3-7H2,1-2H3. The average Bonchev–Trinajstić information content (AvgIpc) is 2.31. The normalized spacial score (nSPS) is 9.75. The zero-order chi connectivity index (χ0) is 12.5. The second-order valence-corrected chi connectivity index (χ2v) is 4.28. The smallest absolute Gasteiger partial charge is 0.0431 e. The molecule has 0 saturated heterocycles. The second-order valence-electron chi connectivity index (χ2n) is 4.28. The summed E-state index contributed by atoms with van der Waals surface area (Å²) < 4.78 is 0. The van der Waals surface area contributed by atoms with E-state index in [4.69, 9.17) is 10.2 Å². The van der Waals surface area contributed by atoms with E-state index in [2.05, 4.69) is 13.8 Å². The van der Waals surface area contributed by atoms with Gasteiger partial charge in [-0.25, -0.2) is 0 Å². The number of rotatable bonds is 10. The summed E-state index contributed by atoms with van der Waals surface area (Å²) in [7, 11) is 0. The third-order valence-electron chi connectivity index (χ3n) is 2.52. The van der Waals surface area contributed by atoms with Crippen LogP contribution >= 0.6 is 0 Å². The average molecular weight is 232 g/mol. The van der Waals surface area contributed by atoms with E-state index in [1.807, 2.05) is 0 Å². The molecule has 2 nitrogen and oxygen atoms in total. The molecular formula is C14H32O2. The quantitative estimate of drug-likeness (QED) is 0.561. The first-order valence-corrected chi connectivity index (χ1v) is 7.05. The lowest BCUT2D eigenvalue weighted by molar-refractivity contribution is 0.272. The van der Waals surface area contributed by atoms with Gasteiger partial charge in [-0.1, -0.05) is 65.2 Å². The summed E-state index contributed by atoms with van der Waals surface area (Å²) in [5, 5.41) is 16.7. The van der Waals surface area contributed by atoms with Gasteiger partial charge in [-0.3, -0.25) is 0 Å². The molecule has 0 unspecified atom stereocenters. The number of unbranched alkanes of at least 4 members (excludes halogenated alkanes) is 8. The Morgan fingerprint density at radius 1 is 0.500 bits per heavy atom. The number of aliphatic hydroxyl groups is 2. The molecule has 0 atom stereocenters. The Morgan fingerprint density at radius 2 is 0.812 bits per heavy atom. The lowest BCUT2D eigenvalue weighted by atomic mass is 10.2. The summed E-state index contributed by atoms with van der Waals surface area (Å²) in [6.07, 6.45) is 12.2. The molecule has 0 rings (SSSR count). The molecule has 0 aliphatic rings. The van der Waals surface area contributed by atoms with Crippen molar-refractivity contribution in [1.29, 1.82) is 0 Å². The third kappa shape index (κ3) is 23.6. The molecule has 0 saturated carbocycles. The van der Waals surface area contributed by atoms with Crippen molar-refractivity contribution in [2.24, 2.45) is 0 Å². The van der Waals surface area contributed by atoms with Crippen LogP contribution in [0.25, 0.3) is 0 Å². The van der Waals surface area contributed by atoms with Gasteiger partial charge in [0.05, 0.1) is 0 Å². The second kappa shape index (κ2) is 20.3. The molecule has 100 valence electrons. The highest BCUT2D eigenvalue weighted by atomic mass is 16.3. The van der Waals surface area contributed by atoms with E-state index in [1.165, 1.54) is 32.1 Å². The number of hydrogen-bond acceptors (Lipinski definition) is 2. The van der Waals surface area contributed by atoms with Gasteiger partial charge in [-0.05, 0) is 12.8 Å². The first-order chi connectivity index (χ1) is 7.83.